The monoisotopic (exact) mass is 460 g/mol. The first-order chi connectivity index (χ1) is 16.7. The topological polar surface area (TPSA) is 41.6 Å². The van der Waals surface area contributed by atoms with Crippen LogP contribution >= 0.6 is 0 Å². The zero-order valence-corrected chi connectivity index (χ0v) is 19.8. The third kappa shape index (κ3) is 6.10. The van der Waals surface area contributed by atoms with Crippen LogP contribution in [0.1, 0.15) is 53.2 Å². The minimum atomic E-state index is -0.317. The second-order valence-corrected chi connectivity index (χ2v) is 8.87. The summed E-state index contributed by atoms with van der Waals surface area (Å²) in [5.41, 5.74) is 3.03. The van der Waals surface area contributed by atoms with Gasteiger partial charge in [0, 0.05) is 30.1 Å². The Morgan fingerprint density at radius 2 is 1.76 bits per heavy atom. The van der Waals surface area contributed by atoms with Gasteiger partial charge in [0.2, 0.25) is 0 Å². The highest BCUT2D eigenvalue weighted by molar-refractivity contribution is 5.95. The van der Waals surface area contributed by atoms with Crippen molar-refractivity contribution in [2.45, 2.75) is 44.3 Å². The Labute approximate surface area is 201 Å². The van der Waals surface area contributed by atoms with Crippen LogP contribution < -0.4 is 10.1 Å². The van der Waals surface area contributed by atoms with E-state index in [-0.39, 0.29) is 17.6 Å². The van der Waals surface area contributed by atoms with E-state index in [1.54, 1.807) is 19.2 Å². The van der Waals surface area contributed by atoms with E-state index in [0.717, 1.165) is 50.2 Å². The number of para-hydroxylation sites is 1. The maximum absolute atomic E-state index is 13.2. The average molecular weight is 461 g/mol. The Morgan fingerprint density at radius 3 is 2.53 bits per heavy atom. The Balaban J connectivity index is 1.43. The Hall–Kier alpha value is -3.02. The summed E-state index contributed by atoms with van der Waals surface area (Å²) in [6.45, 7) is 2.60. The molecule has 1 saturated heterocycles. The van der Waals surface area contributed by atoms with Crippen molar-refractivity contribution in [1.29, 1.82) is 0 Å². The van der Waals surface area contributed by atoms with E-state index in [4.69, 9.17) is 4.74 Å². The highest BCUT2D eigenvalue weighted by Gasteiger charge is 2.32. The Bertz CT molecular complexity index is 1060. The number of Topliss-reactive ketones (excluding diaryl/α,β-unsaturated/α-hetero) is 1. The maximum atomic E-state index is 13.2. The summed E-state index contributed by atoms with van der Waals surface area (Å²) in [5, 5.41) is 3.80. The minimum absolute atomic E-state index is 0.0686. The number of methoxy groups -OCH3 is 1. The zero-order chi connectivity index (χ0) is 23.8. The van der Waals surface area contributed by atoms with Crippen LogP contribution in [0.25, 0.3) is 0 Å². The number of hydrogen-bond acceptors (Lipinski definition) is 4. The fraction of sp³-hybridized carbons (Fsp3) is 0.345. The number of ketones is 1. The van der Waals surface area contributed by atoms with Crippen molar-refractivity contribution in [3.05, 3.63) is 101 Å². The zero-order valence-electron chi connectivity index (χ0n) is 19.8. The quantitative estimate of drug-likeness (QED) is 0.389. The summed E-state index contributed by atoms with van der Waals surface area (Å²) in [7, 11) is 1.71. The molecule has 3 aromatic carbocycles. The predicted molar refractivity (Wildman–Crippen MR) is 134 cm³/mol. The van der Waals surface area contributed by atoms with Crippen molar-refractivity contribution in [2.75, 3.05) is 20.2 Å². The molecule has 4 rings (SSSR count). The van der Waals surface area contributed by atoms with Crippen LogP contribution in [0.4, 0.5) is 4.39 Å². The summed E-state index contributed by atoms with van der Waals surface area (Å²) in [6.07, 6.45) is 3.44. The lowest BCUT2D eigenvalue weighted by Crippen LogP contribution is -2.48. The number of rotatable bonds is 10. The summed E-state index contributed by atoms with van der Waals surface area (Å²) < 4.78 is 18.7. The molecule has 0 amide bonds. The smallest absolute Gasteiger partial charge is 0.162 e. The second kappa shape index (κ2) is 11.9. The van der Waals surface area contributed by atoms with Gasteiger partial charge in [0.25, 0.3) is 0 Å². The molecule has 34 heavy (non-hydrogen) atoms. The van der Waals surface area contributed by atoms with Crippen molar-refractivity contribution in [3.8, 4) is 5.75 Å². The lowest BCUT2D eigenvalue weighted by atomic mass is 9.89. The van der Waals surface area contributed by atoms with Gasteiger partial charge in [-0.05, 0) is 68.2 Å². The molecule has 5 heteroatoms. The fourth-order valence-electron chi connectivity index (χ4n) is 4.94. The highest BCUT2D eigenvalue weighted by atomic mass is 19.1. The molecule has 4 nitrogen and oxygen atoms in total. The van der Waals surface area contributed by atoms with Crippen LogP contribution in [0.15, 0.2) is 78.9 Å². The van der Waals surface area contributed by atoms with Crippen LogP contribution in [0.2, 0.25) is 0 Å². The number of ether oxygens (including phenoxy) is 1. The van der Waals surface area contributed by atoms with Gasteiger partial charge in [0.1, 0.15) is 11.6 Å². The molecule has 1 N–H and O–H groups in total. The van der Waals surface area contributed by atoms with E-state index in [9.17, 15) is 9.18 Å². The first-order valence-corrected chi connectivity index (χ1v) is 12.1. The largest absolute Gasteiger partial charge is 0.496 e. The Kier molecular flexibility index (Phi) is 8.45. The molecule has 178 valence electrons. The molecule has 0 saturated carbocycles. The number of carbonyl (C=O) groups is 1. The van der Waals surface area contributed by atoms with Gasteiger partial charge in [-0.1, -0.05) is 48.5 Å². The van der Waals surface area contributed by atoms with E-state index < -0.39 is 0 Å². The molecule has 1 aliphatic rings. The van der Waals surface area contributed by atoms with Crippen molar-refractivity contribution >= 4 is 5.78 Å². The first kappa shape index (κ1) is 24.1. The number of halogens is 1. The molecule has 0 radical (unpaired) electrons. The SMILES string of the molecule is COc1ccccc1CNC1CCCN(CCCC(=O)c2ccc(F)cc2)C1c1ccccc1. The van der Waals surface area contributed by atoms with Crippen molar-refractivity contribution < 1.29 is 13.9 Å². The minimum Gasteiger partial charge on any atom is -0.496 e. The van der Waals surface area contributed by atoms with Gasteiger partial charge >= 0.3 is 0 Å². The van der Waals surface area contributed by atoms with E-state index in [0.29, 0.717) is 18.0 Å². The van der Waals surface area contributed by atoms with Crippen LogP contribution in [0, 0.1) is 5.82 Å². The van der Waals surface area contributed by atoms with E-state index in [2.05, 4.69) is 46.6 Å². The van der Waals surface area contributed by atoms with Crippen LogP contribution in [0.3, 0.4) is 0 Å². The number of piperidine rings is 1. The van der Waals surface area contributed by atoms with Crippen molar-refractivity contribution in [3.63, 3.8) is 0 Å². The standard InChI is InChI=1S/C29H33FN2O2/c1-34-28-14-6-5-11-24(28)21-31-26-12-7-19-32(29(26)23-9-3-2-4-10-23)20-8-13-27(33)22-15-17-25(30)18-16-22/h2-6,9-11,14-18,26,29,31H,7-8,12-13,19-21H2,1H3. The van der Waals surface area contributed by atoms with Gasteiger partial charge in [0.05, 0.1) is 13.2 Å². The molecule has 2 atom stereocenters. The molecule has 1 heterocycles. The van der Waals surface area contributed by atoms with Gasteiger partial charge in [-0.3, -0.25) is 9.69 Å². The summed E-state index contributed by atoms with van der Waals surface area (Å²) >= 11 is 0. The highest BCUT2D eigenvalue weighted by Crippen LogP contribution is 2.32. The fourth-order valence-corrected chi connectivity index (χ4v) is 4.94. The normalized spacial score (nSPS) is 18.5. The molecule has 0 aromatic heterocycles. The third-order valence-corrected chi connectivity index (χ3v) is 6.64. The summed E-state index contributed by atoms with van der Waals surface area (Å²) in [4.78, 5) is 15.1. The Morgan fingerprint density at radius 1 is 1.03 bits per heavy atom. The van der Waals surface area contributed by atoms with E-state index in [1.165, 1.54) is 17.7 Å². The molecule has 1 aliphatic heterocycles. The van der Waals surface area contributed by atoms with Crippen molar-refractivity contribution in [1.82, 2.24) is 10.2 Å². The number of likely N-dealkylation sites (tertiary alicyclic amines) is 1. The van der Waals surface area contributed by atoms with Gasteiger partial charge < -0.3 is 10.1 Å². The molecular formula is C29H33FN2O2. The lowest BCUT2D eigenvalue weighted by molar-refractivity contribution is 0.0929. The van der Waals surface area contributed by atoms with Crippen LogP contribution in [-0.4, -0.2) is 36.9 Å². The number of hydrogen-bond donors (Lipinski definition) is 1. The number of carbonyl (C=O) groups excluding carboxylic acids is 1. The lowest BCUT2D eigenvalue weighted by Gasteiger charge is -2.42. The third-order valence-electron chi connectivity index (χ3n) is 6.64. The van der Waals surface area contributed by atoms with Crippen molar-refractivity contribution in [2.24, 2.45) is 0 Å². The number of nitrogens with one attached hydrogen (secondary N) is 1. The van der Waals surface area contributed by atoms with Gasteiger partial charge in [0.15, 0.2) is 5.78 Å². The van der Waals surface area contributed by atoms with Gasteiger partial charge in [-0.25, -0.2) is 4.39 Å². The average Bonchev–Trinajstić information content (AvgIpc) is 2.88. The second-order valence-electron chi connectivity index (χ2n) is 8.87. The first-order valence-electron chi connectivity index (χ1n) is 12.1. The molecule has 0 spiro atoms. The van der Waals surface area contributed by atoms with Gasteiger partial charge in [-0.2, -0.15) is 0 Å². The predicted octanol–water partition coefficient (Wildman–Crippen LogP) is 5.79. The van der Waals surface area contributed by atoms with E-state index >= 15 is 0 Å². The van der Waals surface area contributed by atoms with Crippen LogP contribution in [0.5, 0.6) is 5.75 Å². The summed E-state index contributed by atoms with van der Waals surface area (Å²) in [5.74, 6) is 0.652. The molecule has 0 aliphatic carbocycles. The van der Waals surface area contributed by atoms with Crippen LogP contribution in [-0.2, 0) is 6.54 Å². The molecule has 3 aromatic rings. The molecular weight excluding hydrogens is 427 g/mol. The summed E-state index contributed by atoms with van der Waals surface area (Å²) in [6, 6.07) is 25.2. The molecule has 0 bridgehead atoms. The van der Waals surface area contributed by atoms with E-state index in [1.807, 2.05) is 18.2 Å². The molecule has 1 fully saturated rings. The molecule has 2 unspecified atom stereocenters. The van der Waals surface area contributed by atoms with Gasteiger partial charge in [-0.15, -0.1) is 0 Å². The number of nitrogens with zero attached hydrogens (tertiary/aromatic N) is 1. The maximum Gasteiger partial charge on any atom is 0.162 e. The number of benzene rings is 3.